The van der Waals surface area contributed by atoms with Crippen LogP contribution in [0.5, 0.6) is 0 Å². The van der Waals surface area contributed by atoms with Gasteiger partial charge >= 0.3 is 0 Å². The number of aromatic nitrogens is 3. The van der Waals surface area contributed by atoms with Gasteiger partial charge in [-0.3, -0.25) is 9.59 Å². The molecule has 1 aromatic carbocycles. The predicted molar refractivity (Wildman–Crippen MR) is 134 cm³/mol. The van der Waals surface area contributed by atoms with Crippen LogP contribution in [0, 0.1) is 19.3 Å². The second-order valence-electron chi connectivity index (χ2n) is 10.6. The predicted octanol–water partition coefficient (Wildman–Crippen LogP) is 4.71. The Bertz CT molecular complexity index is 1410. The van der Waals surface area contributed by atoms with Gasteiger partial charge in [-0.05, 0) is 57.1 Å². The summed E-state index contributed by atoms with van der Waals surface area (Å²) in [5.41, 5.74) is 0.906. The number of nitrogens with zero attached hydrogens (tertiary/aromatic N) is 4. The van der Waals surface area contributed by atoms with Crippen LogP contribution in [-0.2, 0) is 16.9 Å². The van der Waals surface area contributed by atoms with Crippen molar-refractivity contribution >= 4 is 22.6 Å². The summed E-state index contributed by atoms with van der Waals surface area (Å²) < 4.78 is 28.5. The Kier molecular flexibility index (Phi) is 5.84. The molecule has 0 radical (unpaired) electrons. The SMILES string of the molecule is Cc1nc(NCc2cccc(C(F)F)c2C)c2cn(C34CCC(C(=O)N(C)C)(CC3)C4)c(=O)cc2n1. The number of carbonyl (C=O) groups excluding carboxylic acids is 1. The first-order chi connectivity index (χ1) is 17.0. The van der Waals surface area contributed by atoms with Crippen LogP contribution in [0.15, 0.2) is 35.3 Å². The molecule has 0 aliphatic heterocycles. The van der Waals surface area contributed by atoms with Gasteiger partial charge in [0.05, 0.1) is 16.3 Å². The van der Waals surface area contributed by atoms with Gasteiger partial charge in [-0.1, -0.05) is 18.2 Å². The monoisotopic (exact) mass is 495 g/mol. The van der Waals surface area contributed by atoms with E-state index in [1.807, 2.05) is 12.3 Å². The summed E-state index contributed by atoms with van der Waals surface area (Å²) in [6, 6.07) is 6.43. The maximum atomic E-state index is 13.4. The maximum absolute atomic E-state index is 13.4. The summed E-state index contributed by atoms with van der Waals surface area (Å²) in [6.07, 6.45) is 3.01. The third kappa shape index (κ3) is 3.85. The molecular weight excluding hydrogens is 464 g/mol. The Morgan fingerprint density at radius 3 is 2.56 bits per heavy atom. The second kappa shape index (κ2) is 8.64. The number of pyridine rings is 1. The second-order valence-corrected chi connectivity index (χ2v) is 10.6. The minimum Gasteiger partial charge on any atom is -0.365 e. The molecule has 0 saturated heterocycles. The topological polar surface area (TPSA) is 80.1 Å². The first-order valence-corrected chi connectivity index (χ1v) is 12.3. The summed E-state index contributed by atoms with van der Waals surface area (Å²) in [5, 5.41) is 3.99. The molecule has 1 N–H and O–H groups in total. The Balaban J connectivity index is 1.52. The van der Waals surface area contributed by atoms with Crippen molar-refractivity contribution in [2.45, 2.75) is 64.5 Å². The molecular formula is C27H31F2N5O2. The van der Waals surface area contributed by atoms with Crippen molar-refractivity contribution in [3.8, 4) is 0 Å². The minimum absolute atomic E-state index is 0.0178. The van der Waals surface area contributed by atoms with Crippen molar-refractivity contribution < 1.29 is 13.6 Å². The van der Waals surface area contributed by atoms with Crippen molar-refractivity contribution in [1.82, 2.24) is 19.4 Å². The summed E-state index contributed by atoms with van der Waals surface area (Å²) in [5.74, 6) is 1.20. The van der Waals surface area contributed by atoms with Gasteiger partial charge in [0.25, 0.3) is 12.0 Å². The number of fused-ring (bicyclic) bond motifs is 3. The van der Waals surface area contributed by atoms with Crippen molar-refractivity contribution in [3.05, 3.63) is 63.3 Å². The number of carbonyl (C=O) groups is 1. The first-order valence-electron chi connectivity index (χ1n) is 12.3. The molecule has 2 fully saturated rings. The van der Waals surface area contributed by atoms with Crippen LogP contribution in [0.3, 0.4) is 0 Å². The largest absolute Gasteiger partial charge is 0.365 e. The van der Waals surface area contributed by atoms with Gasteiger partial charge in [0.15, 0.2) is 0 Å². The summed E-state index contributed by atoms with van der Waals surface area (Å²) >= 11 is 0. The van der Waals surface area contributed by atoms with Crippen LogP contribution >= 0.6 is 0 Å². The fraction of sp³-hybridized carbons (Fsp3) is 0.481. The number of alkyl halides is 2. The molecule has 36 heavy (non-hydrogen) atoms. The zero-order chi connectivity index (χ0) is 25.8. The number of aryl methyl sites for hydroxylation is 1. The average Bonchev–Trinajstić information content (AvgIpc) is 3.40. The van der Waals surface area contributed by atoms with E-state index in [4.69, 9.17) is 0 Å². The quantitative estimate of drug-likeness (QED) is 0.536. The third-order valence-corrected chi connectivity index (χ3v) is 8.19. The Labute approximate surface area is 208 Å². The molecule has 9 heteroatoms. The van der Waals surface area contributed by atoms with E-state index in [2.05, 4.69) is 15.3 Å². The average molecular weight is 496 g/mol. The van der Waals surface area contributed by atoms with Crippen molar-refractivity contribution in [1.29, 1.82) is 0 Å². The minimum atomic E-state index is -2.54. The zero-order valence-corrected chi connectivity index (χ0v) is 21.1. The van der Waals surface area contributed by atoms with Crippen LogP contribution in [0.1, 0.15) is 61.0 Å². The molecule has 190 valence electrons. The lowest BCUT2D eigenvalue weighted by atomic mass is 9.83. The summed E-state index contributed by atoms with van der Waals surface area (Å²) in [4.78, 5) is 37.0. The lowest BCUT2D eigenvalue weighted by Gasteiger charge is -2.30. The van der Waals surface area contributed by atoms with E-state index < -0.39 is 17.4 Å². The molecule has 0 unspecified atom stereocenters. The van der Waals surface area contributed by atoms with Gasteiger partial charge in [0.1, 0.15) is 11.6 Å². The summed E-state index contributed by atoms with van der Waals surface area (Å²) in [6.45, 7) is 3.76. The van der Waals surface area contributed by atoms with Gasteiger partial charge in [-0.25, -0.2) is 18.7 Å². The molecule has 3 aromatic rings. The number of rotatable bonds is 6. The highest BCUT2D eigenvalue weighted by Gasteiger charge is 2.59. The van der Waals surface area contributed by atoms with Gasteiger partial charge in [-0.15, -0.1) is 0 Å². The van der Waals surface area contributed by atoms with Gasteiger partial charge in [0, 0.05) is 44.0 Å². The number of hydrogen-bond donors (Lipinski definition) is 1. The molecule has 2 heterocycles. The first kappa shape index (κ1) is 24.3. The van der Waals surface area contributed by atoms with Crippen LogP contribution in [0.25, 0.3) is 10.9 Å². The van der Waals surface area contributed by atoms with E-state index in [1.54, 1.807) is 49.5 Å². The highest BCUT2D eigenvalue weighted by Crippen LogP contribution is 2.60. The van der Waals surface area contributed by atoms with E-state index in [-0.39, 0.29) is 17.0 Å². The molecule has 2 aromatic heterocycles. The number of anilines is 1. The Hall–Kier alpha value is -3.36. The van der Waals surface area contributed by atoms with Crippen molar-refractivity contribution in [2.24, 2.45) is 5.41 Å². The number of amides is 1. The third-order valence-electron chi connectivity index (χ3n) is 8.19. The van der Waals surface area contributed by atoms with E-state index in [1.165, 1.54) is 6.07 Å². The lowest BCUT2D eigenvalue weighted by Crippen LogP contribution is -2.37. The molecule has 0 spiro atoms. The molecule has 2 saturated carbocycles. The standard InChI is InChI=1S/C27H31F2N5O2/c1-16-18(6-5-7-19(16)23(28)29)13-30-24-20-14-34(22(35)12-21(20)31-17(2)32-24)27-10-8-26(15-27,9-11-27)25(36)33(3)4/h5-7,12,14,23H,8-11,13,15H2,1-4H3,(H,30,31,32). The molecule has 0 atom stereocenters. The molecule has 1 amide bonds. The van der Waals surface area contributed by atoms with Crippen LogP contribution in [-0.4, -0.2) is 39.4 Å². The normalized spacial score (nSPS) is 23.0. The number of benzene rings is 1. The Morgan fingerprint density at radius 2 is 1.89 bits per heavy atom. The smallest absolute Gasteiger partial charge is 0.264 e. The molecule has 2 bridgehead atoms. The highest BCUT2D eigenvalue weighted by molar-refractivity contribution is 5.88. The maximum Gasteiger partial charge on any atom is 0.264 e. The van der Waals surface area contributed by atoms with Crippen molar-refractivity contribution in [3.63, 3.8) is 0 Å². The van der Waals surface area contributed by atoms with Crippen molar-refractivity contribution in [2.75, 3.05) is 19.4 Å². The molecule has 5 rings (SSSR count). The van der Waals surface area contributed by atoms with E-state index >= 15 is 0 Å². The van der Waals surface area contributed by atoms with E-state index in [9.17, 15) is 18.4 Å². The Morgan fingerprint density at radius 1 is 1.17 bits per heavy atom. The molecule has 2 aliphatic carbocycles. The zero-order valence-electron chi connectivity index (χ0n) is 21.1. The number of halogens is 2. The van der Waals surface area contributed by atoms with Crippen LogP contribution in [0.4, 0.5) is 14.6 Å². The van der Waals surface area contributed by atoms with Crippen LogP contribution < -0.4 is 10.9 Å². The fourth-order valence-corrected chi connectivity index (χ4v) is 6.30. The highest BCUT2D eigenvalue weighted by atomic mass is 19.3. The number of hydrogen-bond acceptors (Lipinski definition) is 5. The lowest BCUT2D eigenvalue weighted by molar-refractivity contribution is -0.139. The molecule has 7 nitrogen and oxygen atoms in total. The van der Waals surface area contributed by atoms with Gasteiger partial charge in [0.2, 0.25) is 5.91 Å². The van der Waals surface area contributed by atoms with E-state index in [0.717, 1.165) is 31.2 Å². The van der Waals surface area contributed by atoms with Crippen LogP contribution in [0.2, 0.25) is 0 Å². The van der Waals surface area contributed by atoms with Gasteiger partial charge in [-0.2, -0.15) is 0 Å². The fourth-order valence-electron chi connectivity index (χ4n) is 6.30. The molecule has 2 aliphatic rings. The van der Waals surface area contributed by atoms with E-state index in [0.29, 0.717) is 41.1 Å². The number of nitrogens with one attached hydrogen (secondary N) is 1. The summed E-state index contributed by atoms with van der Waals surface area (Å²) in [7, 11) is 3.57. The van der Waals surface area contributed by atoms with Gasteiger partial charge < -0.3 is 14.8 Å².